The fraction of sp³-hybridized carbons (Fsp3) is 0.0909. The van der Waals surface area contributed by atoms with Gasteiger partial charge in [-0.2, -0.15) is 10.2 Å². The Hall–Kier alpha value is -2.70. The van der Waals surface area contributed by atoms with Gasteiger partial charge in [-0.15, -0.1) is 0 Å². The lowest BCUT2D eigenvalue weighted by Gasteiger charge is -2.06. The Kier molecular flexibility index (Phi) is 3.33. The van der Waals surface area contributed by atoms with E-state index in [2.05, 4.69) is 15.5 Å². The maximum Gasteiger partial charge on any atom is 0.273 e. The van der Waals surface area contributed by atoms with Gasteiger partial charge in [-0.05, 0) is 18.2 Å². The highest BCUT2D eigenvalue weighted by Crippen LogP contribution is 2.22. The van der Waals surface area contributed by atoms with Crippen molar-refractivity contribution in [3.63, 3.8) is 0 Å². The topological polar surface area (TPSA) is 107 Å². The number of nitro benzene ring substituents is 1. The van der Waals surface area contributed by atoms with Gasteiger partial charge in [0.25, 0.3) is 5.69 Å². The SMILES string of the molecule is Nc1cc(NCc2cccnn2)cc([N+](=O)[O-])c1. The normalized spacial score (nSPS) is 10.0. The van der Waals surface area contributed by atoms with Crippen LogP contribution in [0.2, 0.25) is 0 Å². The molecule has 2 aromatic rings. The number of nitrogen functional groups attached to an aromatic ring is 1. The van der Waals surface area contributed by atoms with E-state index < -0.39 is 4.92 Å². The molecule has 0 fully saturated rings. The van der Waals surface area contributed by atoms with Crippen LogP contribution in [0.3, 0.4) is 0 Å². The summed E-state index contributed by atoms with van der Waals surface area (Å²) in [5, 5.41) is 21.3. The van der Waals surface area contributed by atoms with Gasteiger partial charge in [0.2, 0.25) is 0 Å². The van der Waals surface area contributed by atoms with Gasteiger partial charge in [0.15, 0.2) is 0 Å². The van der Waals surface area contributed by atoms with Gasteiger partial charge in [0.1, 0.15) is 0 Å². The quantitative estimate of drug-likeness (QED) is 0.481. The van der Waals surface area contributed by atoms with Gasteiger partial charge in [-0.3, -0.25) is 10.1 Å². The summed E-state index contributed by atoms with van der Waals surface area (Å²) in [6.45, 7) is 0.425. The third-order valence-corrected chi connectivity index (χ3v) is 2.25. The monoisotopic (exact) mass is 245 g/mol. The van der Waals surface area contributed by atoms with Crippen molar-refractivity contribution in [2.45, 2.75) is 6.54 Å². The fourth-order valence-electron chi connectivity index (χ4n) is 1.46. The summed E-state index contributed by atoms with van der Waals surface area (Å²) in [4.78, 5) is 10.2. The first-order valence-corrected chi connectivity index (χ1v) is 5.20. The number of non-ortho nitro benzene ring substituents is 1. The van der Waals surface area contributed by atoms with Gasteiger partial charge in [-0.25, -0.2) is 0 Å². The molecule has 1 heterocycles. The number of nitrogens with zero attached hydrogens (tertiary/aromatic N) is 3. The third kappa shape index (κ3) is 2.91. The number of hydrogen-bond donors (Lipinski definition) is 2. The summed E-state index contributed by atoms with van der Waals surface area (Å²) in [6, 6.07) is 7.94. The Labute approximate surface area is 103 Å². The molecular weight excluding hydrogens is 234 g/mol. The minimum absolute atomic E-state index is 0.0448. The number of nitro groups is 1. The summed E-state index contributed by atoms with van der Waals surface area (Å²) >= 11 is 0. The largest absolute Gasteiger partial charge is 0.398 e. The van der Waals surface area contributed by atoms with E-state index in [-0.39, 0.29) is 5.69 Å². The molecule has 0 unspecified atom stereocenters. The van der Waals surface area contributed by atoms with Gasteiger partial charge in [-0.1, -0.05) is 0 Å². The van der Waals surface area contributed by atoms with Crippen LogP contribution >= 0.6 is 0 Å². The van der Waals surface area contributed by atoms with Crippen molar-refractivity contribution in [3.05, 3.63) is 52.3 Å². The molecule has 7 heteroatoms. The van der Waals surface area contributed by atoms with Crippen molar-refractivity contribution in [3.8, 4) is 0 Å². The van der Waals surface area contributed by atoms with E-state index in [0.717, 1.165) is 5.69 Å². The summed E-state index contributed by atoms with van der Waals surface area (Å²) in [5.41, 5.74) is 7.20. The Morgan fingerprint density at radius 3 is 2.89 bits per heavy atom. The van der Waals surface area contributed by atoms with Crippen molar-refractivity contribution in [2.24, 2.45) is 0 Å². The number of nitrogens with one attached hydrogen (secondary N) is 1. The molecule has 0 atom stereocenters. The Balaban J connectivity index is 2.12. The molecule has 1 aromatic carbocycles. The first-order valence-electron chi connectivity index (χ1n) is 5.20. The number of anilines is 2. The Morgan fingerprint density at radius 1 is 1.39 bits per heavy atom. The molecule has 1 aromatic heterocycles. The minimum Gasteiger partial charge on any atom is -0.398 e. The molecule has 3 N–H and O–H groups in total. The van der Waals surface area contributed by atoms with Crippen LogP contribution in [0.25, 0.3) is 0 Å². The summed E-state index contributed by atoms with van der Waals surface area (Å²) in [6.07, 6.45) is 1.58. The maximum absolute atomic E-state index is 10.7. The van der Waals surface area contributed by atoms with E-state index >= 15 is 0 Å². The highest BCUT2D eigenvalue weighted by molar-refractivity contribution is 5.61. The second-order valence-corrected chi connectivity index (χ2v) is 3.64. The van der Waals surface area contributed by atoms with Crippen LogP contribution < -0.4 is 11.1 Å². The van der Waals surface area contributed by atoms with Crippen molar-refractivity contribution in [2.75, 3.05) is 11.1 Å². The van der Waals surface area contributed by atoms with E-state index in [4.69, 9.17) is 5.73 Å². The molecule has 0 saturated heterocycles. The lowest BCUT2D eigenvalue weighted by Crippen LogP contribution is -2.03. The van der Waals surface area contributed by atoms with Crippen LogP contribution in [0.4, 0.5) is 17.1 Å². The predicted octanol–water partition coefficient (Wildman–Crippen LogP) is 1.58. The van der Waals surface area contributed by atoms with Crippen molar-refractivity contribution in [1.29, 1.82) is 0 Å². The third-order valence-electron chi connectivity index (χ3n) is 2.25. The number of aromatic nitrogens is 2. The van der Waals surface area contributed by atoms with E-state index in [1.54, 1.807) is 24.4 Å². The van der Waals surface area contributed by atoms with Crippen LogP contribution in [0.1, 0.15) is 5.69 Å². The number of hydrogen-bond acceptors (Lipinski definition) is 6. The average Bonchev–Trinajstić information content (AvgIpc) is 2.37. The summed E-state index contributed by atoms with van der Waals surface area (Å²) < 4.78 is 0. The molecule has 0 radical (unpaired) electrons. The Morgan fingerprint density at radius 2 is 2.22 bits per heavy atom. The van der Waals surface area contributed by atoms with Gasteiger partial charge < -0.3 is 11.1 Å². The van der Waals surface area contributed by atoms with Crippen LogP contribution in [0.5, 0.6) is 0 Å². The van der Waals surface area contributed by atoms with Gasteiger partial charge in [0, 0.05) is 29.7 Å². The van der Waals surface area contributed by atoms with Crippen LogP contribution in [-0.2, 0) is 6.54 Å². The number of benzene rings is 1. The van der Waals surface area contributed by atoms with Crippen LogP contribution in [-0.4, -0.2) is 15.1 Å². The molecule has 7 nitrogen and oxygen atoms in total. The molecule has 0 aliphatic heterocycles. The van der Waals surface area contributed by atoms with Crippen molar-refractivity contribution < 1.29 is 4.92 Å². The van der Waals surface area contributed by atoms with E-state index in [1.165, 1.54) is 12.1 Å². The highest BCUT2D eigenvalue weighted by Gasteiger charge is 2.08. The fourth-order valence-corrected chi connectivity index (χ4v) is 1.46. The number of rotatable bonds is 4. The molecule has 0 bridgehead atoms. The van der Waals surface area contributed by atoms with Crippen LogP contribution in [0.15, 0.2) is 36.5 Å². The molecular formula is C11H11N5O2. The molecule has 0 saturated carbocycles. The smallest absolute Gasteiger partial charge is 0.273 e. The van der Waals surface area contributed by atoms with Gasteiger partial charge >= 0.3 is 0 Å². The lowest BCUT2D eigenvalue weighted by molar-refractivity contribution is -0.384. The zero-order chi connectivity index (χ0) is 13.0. The molecule has 0 spiro atoms. The zero-order valence-electron chi connectivity index (χ0n) is 9.41. The lowest BCUT2D eigenvalue weighted by atomic mass is 10.2. The second-order valence-electron chi connectivity index (χ2n) is 3.64. The average molecular weight is 245 g/mol. The van der Waals surface area contributed by atoms with Crippen molar-refractivity contribution in [1.82, 2.24) is 10.2 Å². The van der Waals surface area contributed by atoms with E-state index in [9.17, 15) is 10.1 Å². The predicted molar refractivity (Wildman–Crippen MR) is 66.9 cm³/mol. The van der Waals surface area contributed by atoms with Crippen LogP contribution in [0, 0.1) is 10.1 Å². The summed E-state index contributed by atoms with van der Waals surface area (Å²) in [7, 11) is 0. The maximum atomic E-state index is 10.7. The number of nitrogens with two attached hydrogens (primary N) is 1. The zero-order valence-corrected chi connectivity index (χ0v) is 9.41. The Bertz CT molecular complexity index is 559. The standard InChI is InChI=1S/C11H11N5O2/c12-8-4-10(6-11(5-8)16(17)18)13-7-9-2-1-3-14-15-9/h1-6,13H,7,12H2. The molecule has 18 heavy (non-hydrogen) atoms. The first kappa shape index (κ1) is 11.8. The van der Waals surface area contributed by atoms with E-state index in [0.29, 0.717) is 17.9 Å². The summed E-state index contributed by atoms with van der Waals surface area (Å²) in [5.74, 6) is 0. The molecule has 92 valence electrons. The van der Waals surface area contributed by atoms with E-state index in [1.807, 2.05) is 0 Å². The molecule has 2 rings (SSSR count). The molecule has 0 aliphatic rings. The molecule has 0 aliphatic carbocycles. The second kappa shape index (κ2) is 5.09. The molecule has 0 amide bonds. The van der Waals surface area contributed by atoms with Crippen molar-refractivity contribution >= 4 is 17.1 Å². The minimum atomic E-state index is -0.482. The first-order chi connectivity index (χ1) is 8.65. The highest BCUT2D eigenvalue weighted by atomic mass is 16.6. The van der Waals surface area contributed by atoms with Gasteiger partial charge in [0.05, 0.1) is 17.2 Å².